The van der Waals surface area contributed by atoms with Crippen LogP contribution in [-0.2, 0) is 10.5 Å². The van der Waals surface area contributed by atoms with Crippen LogP contribution >= 0.6 is 27.7 Å². The van der Waals surface area contributed by atoms with Gasteiger partial charge >= 0.3 is 0 Å². The van der Waals surface area contributed by atoms with Gasteiger partial charge in [-0.1, -0.05) is 46.3 Å². The first-order chi connectivity index (χ1) is 14.0. The Bertz CT molecular complexity index is 992. The molecule has 29 heavy (non-hydrogen) atoms. The summed E-state index contributed by atoms with van der Waals surface area (Å²) in [5.41, 5.74) is 3.35. The number of carbonyl (C=O) groups excluding carboxylic acids is 2. The predicted molar refractivity (Wildman–Crippen MR) is 122 cm³/mol. The molecule has 0 aliphatic heterocycles. The summed E-state index contributed by atoms with van der Waals surface area (Å²) in [4.78, 5) is 25.6. The smallest absolute Gasteiger partial charge is 0.251 e. The summed E-state index contributed by atoms with van der Waals surface area (Å²) in [6.45, 7) is 1.83. The van der Waals surface area contributed by atoms with E-state index in [2.05, 4.69) is 38.7 Å². The third kappa shape index (κ3) is 6.48. The molecule has 2 N–H and O–H groups in total. The Morgan fingerprint density at radius 1 is 0.966 bits per heavy atom. The van der Waals surface area contributed by atoms with Crippen LogP contribution in [0.5, 0.6) is 0 Å². The Morgan fingerprint density at radius 3 is 2.38 bits per heavy atom. The Morgan fingerprint density at radius 2 is 1.69 bits per heavy atom. The number of carbonyl (C=O) groups is 2. The van der Waals surface area contributed by atoms with Crippen molar-refractivity contribution in [3.8, 4) is 0 Å². The van der Waals surface area contributed by atoms with Crippen molar-refractivity contribution in [2.45, 2.75) is 17.6 Å². The van der Waals surface area contributed by atoms with Gasteiger partial charge in [-0.05, 0) is 60.5 Å². The highest BCUT2D eigenvalue weighted by Crippen LogP contribution is 2.22. The zero-order valence-electron chi connectivity index (χ0n) is 15.9. The summed E-state index contributed by atoms with van der Waals surface area (Å²) >= 11 is 5.14. The maximum absolute atomic E-state index is 12.3. The SMILES string of the molecule is Cc1cc(Br)ccc1NC(=O)CNC(=O)c1ccc(CSc2ccccc2)cc1. The van der Waals surface area contributed by atoms with Gasteiger partial charge in [0, 0.05) is 26.4 Å². The predicted octanol–water partition coefficient (Wildman–Crippen LogP) is 5.42. The molecule has 0 heterocycles. The number of hydrogen-bond donors (Lipinski definition) is 2. The van der Waals surface area contributed by atoms with Crippen LogP contribution in [0.1, 0.15) is 21.5 Å². The third-order valence-corrected chi connectivity index (χ3v) is 5.81. The molecule has 0 bridgehead atoms. The number of hydrogen-bond acceptors (Lipinski definition) is 3. The standard InChI is InChI=1S/C23H21BrN2O2S/c1-16-13-19(24)11-12-21(16)26-22(27)14-25-23(28)18-9-7-17(8-10-18)15-29-20-5-3-2-4-6-20/h2-13H,14-15H2,1H3,(H,25,28)(H,26,27). The van der Waals surface area contributed by atoms with Crippen molar-refractivity contribution in [2.24, 2.45) is 0 Å². The fourth-order valence-corrected chi connectivity index (χ4v) is 4.01. The van der Waals surface area contributed by atoms with E-state index < -0.39 is 0 Å². The molecule has 3 aromatic carbocycles. The fourth-order valence-electron chi connectivity index (χ4n) is 2.66. The van der Waals surface area contributed by atoms with Crippen LogP contribution in [-0.4, -0.2) is 18.4 Å². The number of amides is 2. The zero-order chi connectivity index (χ0) is 20.6. The maximum atomic E-state index is 12.3. The van der Waals surface area contributed by atoms with Crippen LogP contribution in [0.15, 0.2) is 82.2 Å². The minimum absolute atomic E-state index is 0.0834. The van der Waals surface area contributed by atoms with Crippen molar-refractivity contribution in [3.63, 3.8) is 0 Å². The lowest BCUT2D eigenvalue weighted by atomic mass is 10.1. The first-order valence-electron chi connectivity index (χ1n) is 9.12. The summed E-state index contributed by atoms with van der Waals surface area (Å²) in [6, 6.07) is 23.2. The third-order valence-electron chi connectivity index (χ3n) is 4.24. The zero-order valence-corrected chi connectivity index (χ0v) is 18.3. The van der Waals surface area contributed by atoms with Crippen molar-refractivity contribution < 1.29 is 9.59 Å². The van der Waals surface area contributed by atoms with E-state index >= 15 is 0 Å². The molecule has 0 aliphatic carbocycles. The first kappa shape index (κ1) is 21.1. The Hall–Kier alpha value is -2.57. The Balaban J connectivity index is 1.48. The molecule has 6 heteroatoms. The second-order valence-electron chi connectivity index (χ2n) is 6.49. The number of halogens is 1. The van der Waals surface area contributed by atoms with E-state index in [1.54, 1.807) is 23.9 Å². The van der Waals surface area contributed by atoms with Gasteiger partial charge in [-0.25, -0.2) is 0 Å². The normalized spacial score (nSPS) is 10.4. The van der Waals surface area contributed by atoms with Gasteiger partial charge in [0.2, 0.25) is 5.91 Å². The summed E-state index contributed by atoms with van der Waals surface area (Å²) in [7, 11) is 0. The van der Waals surface area contributed by atoms with Gasteiger partial charge in [0.05, 0.1) is 6.54 Å². The van der Waals surface area contributed by atoms with Gasteiger partial charge in [0.25, 0.3) is 5.91 Å². The summed E-state index contributed by atoms with van der Waals surface area (Å²) in [6.07, 6.45) is 0. The lowest BCUT2D eigenvalue weighted by Gasteiger charge is -2.10. The molecule has 0 fully saturated rings. The molecule has 0 saturated carbocycles. The van der Waals surface area contributed by atoms with Crippen LogP contribution in [0.4, 0.5) is 5.69 Å². The molecule has 3 aromatic rings. The highest BCUT2D eigenvalue weighted by molar-refractivity contribution is 9.10. The summed E-state index contributed by atoms with van der Waals surface area (Å²) in [5, 5.41) is 5.47. The minimum atomic E-state index is -0.269. The van der Waals surface area contributed by atoms with E-state index in [1.807, 2.05) is 55.5 Å². The molecule has 148 valence electrons. The quantitative estimate of drug-likeness (QED) is 0.455. The van der Waals surface area contributed by atoms with Gasteiger partial charge < -0.3 is 10.6 Å². The van der Waals surface area contributed by atoms with E-state index in [9.17, 15) is 9.59 Å². The van der Waals surface area contributed by atoms with Crippen LogP contribution < -0.4 is 10.6 Å². The number of benzene rings is 3. The van der Waals surface area contributed by atoms with Crippen molar-refractivity contribution in [1.29, 1.82) is 0 Å². The molecule has 0 aliphatic rings. The van der Waals surface area contributed by atoms with E-state index in [0.717, 1.165) is 27.0 Å². The lowest BCUT2D eigenvalue weighted by Crippen LogP contribution is -2.33. The molecular weight excluding hydrogens is 448 g/mol. The van der Waals surface area contributed by atoms with Crippen molar-refractivity contribution >= 4 is 45.2 Å². The van der Waals surface area contributed by atoms with Crippen LogP contribution in [0, 0.1) is 6.92 Å². The molecule has 4 nitrogen and oxygen atoms in total. The van der Waals surface area contributed by atoms with Crippen LogP contribution in [0.3, 0.4) is 0 Å². The van der Waals surface area contributed by atoms with Gasteiger partial charge in [0.15, 0.2) is 0 Å². The number of thioether (sulfide) groups is 1. The second-order valence-corrected chi connectivity index (χ2v) is 8.45. The van der Waals surface area contributed by atoms with Gasteiger partial charge in [-0.3, -0.25) is 9.59 Å². The van der Waals surface area contributed by atoms with E-state index in [-0.39, 0.29) is 18.4 Å². The number of nitrogens with one attached hydrogen (secondary N) is 2. The monoisotopic (exact) mass is 468 g/mol. The van der Waals surface area contributed by atoms with E-state index in [0.29, 0.717) is 5.56 Å². The molecule has 0 aromatic heterocycles. The van der Waals surface area contributed by atoms with E-state index in [4.69, 9.17) is 0 Å². The summed E-state index contributed by atoms with van der Waals surface area (Å²) < 4.78 is 0.951. The highest BCUT2D eigenvalue weighted by atomic mass is 79.9. The molecular formula is C23H21BrN2O2S. The maximum Gasteiger partial charge on any atom is 0.251 e. The van der Waals surface area contributed by atoms with Crippen molar-refractivity contribution in [3.05, 3.63) is 94.0 Å². The Labute approximate surface area is 183 Å². The number of anilines is 1. The molecule has 0 atom stereocenters. The molecule has 2 amide bonds. The van der Waals surface area contributed by atoms with Crippen LogP contribution in [0.25, 0.3) is 0 Å². The average molecular weight is 469 g/mol. The number of aryl methyl sites for hydroxylation is 1. The minimum Gasteiger partial charge on any atom is -0.343 e. The molecule has 0 saturated heterocycles. The Kier molecular flexibility index (Phi) is 7.49. The largest absolute Gasteiger partial charge is 0.343 e. The fraction of sp³-hybridized carbons (Fsp3) is 0.130. The highest BCUT2D eigenvalue weighted by Gasteiger charge is 2.09. The topological polar surface area (TPSA) is 58.2 Å². The number of rotatable bonds is 7. The van der Waals surface area contributed by atoms with Crippen molar-refractivity contribution in [1.82, 2.24) is 5.32 Å². The van der Waals surface area contributed by atoms with Crippen LogP contribution in [0.2, 0.25) is 0 Å². The second kappa shape index (κ2) is 10.3. The lowest BCUT2D eigenvalue weighted by molar-refractivity contribution is -0.115. The molecule has 0 unspecified atom stereocenters. The first-order valence-corrected chi connectivity index (χ1v) is 10.9. The van der Waals surface area contributed by atoms with Gasteiger partial charge in [0.1, 0.15) is 0 Å². The average Bonchev–Trinajstić information content (AvgIpc) is 2.73. The van der Waals surface area contributed by atoms with Gasteiger partial charge in [-0.2, -0.15) is 0 Å². The van der Waals surface area contributed by atoms with Crippen molar-refractivity contribution in [2.75, 3.05) is 11.9 Å². The summed E-state index contributed by atoms with van der Waals surface area (Å²) in [5.74, 6) is 0.301. The molecule has 0 radical (unpaired) electrons. The molecule has 3 rings (SSSR count). The van der Waals surface area contributed by atoms with E-state index in [1.165, 1.54) is 4.90 Å². The molecule has 0 spiro atoms. The van der Waals surface area contributed by atoms with Gasteiger partial charge in [-0.15, -0.1) is 11.8 Å².